The molecule has 0 aliphatic carbocycles. The number of aromatic nitrogens is 1. The van der Waals surface area contributed by atoms with Gasteiger partial charge in [0.15, 0.2) is 0 Å². The first-order chi connectivity index (χ1) is 15.3. The highest BCUT2D eigenvalue weighted by Crippen LogP contribution is 2.28. The van der Waals surface area contributed by atoms with E-state index in [0.29, 0.717) is 6.54 Å². The van der Waals surface area contributed by atoms with E-state index in [4.69, 9.17) is 0 Å². The Kier molecular flexibility index (Phi) is 6.03. The van der Waals surface area contributed by atoms with Gasteiger partial charge in [-0.15, -0.1) is 0 Å². The van der Waals surface area contributed by atoms with E-state index >= 15 is 0 Å². The van der Waals surface area contributed by atoms with Crippen LogP contribution in [0.25, 0.3) is 21.8 Å². The van der Waals surface area contributed by atoms with E-state index < -0.39 is 0 Å². The molecule has 1 aromatic heterocycles. The first kappa shape index (κ1) is 20.3. The largest absolute Gasteiger partial charge is 0.390 e. The molecule has 1 atom stereocenters. The van der Waals surface area contributed by atoms with Crippen LogP contribution in [0.5, 0.6) is 0 Å². The number of aliphatic hydroxyl groups is 1. The lowest BCUT2D eigenvalue weighted by molar-refractivity contribution is 0.0659. The third kappa shape index (κ3) is 4.52. The molecule has 5 rings (SSSR count). The van der Waals surface area contributed by atoms with Crippen molar-refractivity contribution in [1.29, 1.82) is 0 Å². The van der Waals surface area contributed by atoms with Crippen LogP contribution in [0.1, 0.15) is 5.56 Å². The van der Waals surface area contributed by atoms with Gasteiger partial charge in [0, 0.05) is 61.1 Å². The summed E-state index contributed by atoms with van der Waals surface area (Å²) in [6.45, 7) is 6.68. The van der Waals surface area contributed by atoms with E-state index in [2.05, 4.69) is 93.2 Å². The summed E-state index contributed by atoms with van der Waals surface area (Å²) in [5.41, 5.74) is 3.81. The summed E-state index contributed by atoms with van der Waals surface area (Å²) < 4.78 is 2.28. The molecule has 0 saturated carbocycles. The lowest BCUT2D eigenvalue weighted by Crippen LogP contribution is -2.49. The van der Waals surface area contributed by atoms with Crippen molar-refractivity contribution in [3.8, 4) is 0 Å². The summed E-state index contributed by atoms with van der Waals surface area (Å²) in [6.07, 6.45) is 0.729. The molecular weight excluding hydrogens is 382 g/mol. The number of para-hydroxylation sites is 2. The monoisotopic (exact) mass is 413 g/mol. The average Bonchev–Trinajstić information content (AvgIpc) is 3.13. The second-order valence-corrected chi connectivity index (χ2v) is 8.68. The Balaban J connectivity index is 1.18. The topological polar surface area (TPSA) is 31.6 Å². The maximum atomic E-state index is 10.9. The van der Waals surface area contributed by atoms with Gasteiger partial charge < -0.3 is 14.6 Å². The minimum atomic E-state index is -0.380. The number of nitrogens with zero attached hydrogens (tertiary/aromatic N) is 3. The predicted octanol–water partition coefficient (Wildman–Crippen LogP) is 4.02. The highest BCUT2D eigenvalue weighted by atomic mass is 16.3. The van der Waals surface area contributed by atoms with Gasteiger partial charge in [0.2, 0.25) is 0 Å². The normalized spacial score (nSPS) is 16.8. The van der Waals surface area contributed by atoms with Gasteiger partial charge in [0.05, 0.1) is 12.6 Å². The zero-order valence-corrected chi connectivity index (χ0v) is 18.0. The van der Waals surface area contributed by atoms with Crippen LogP contribution < -0.4 is 0 Å². The fourth-order valence-corrected chi connectivity index (χ4v) is 4.89. The molecular formula is C27H31N3O. The lowest BCUT2D eigenvalue weighted by atomic mass is 10.1. The van der Waals surface area contributed by atoms with Crippen molar-refractivity contribution in [2.45, 2.75) is 19.1 Å². The first-order valence-corrected chi connectivity index (χ1v) is 11.4. The Hall–Kier alpha value is -2.66. The van der Waals surface area contributed by atoms with Gasteiger partial charge in [0.1, 0.15) is 0 Å². The van der Waals surface area contributed by atoms with Crippen molar-refractivity contribution in [3.63, 3.8) is 0 Å². The van der Waals surface area contributed by atoms with Crippen molar-refractivity contribution in [1.82, 2.24) is 14.4 Å². The molecule has 160 valence electrons. The van der Waals surface area contributed by atoms with E-state index in [1.165, 1.54) is 27.4 Å². The van der Waals surface area contributed by atoms with Crippen LogP contribution >= 0.6 is 0 Å². The minimum absolute atomic E-state index is 0.380. The zero-order chi connectivity index (χ0) is 21.0. The first-order valence-electron chi connectivity index (χ1n) is 11.4. The Bertz CT molecular complexity index is 1080. The molecule has 1 saturated heterocycles. The fourth-order valence-electron chi connectivity index (χ4n) is 4.89. The number of hydrogen-bond acceptors (Lipinski definition) is 3. The Morgan fingerprint density at radius 3 is 1.84 bits per heavy atom. The van der Waals surface area contributed by atoms with Gasteiger partial charge in [-0.1, -0.05) is 66.7 Å². The van der Waals surface area contributed by atoms with Crippen LogP contribution in [-0.2, 0) is 13.0 Å². The van der Waals surface area contributed by atoms with Crippen molar-refractivity contribution in [3.05, 3.63) is 84.4 Å². The standard InChI is InChI=1S/C27H31N3O/c31-23(20-29-18-16-28(17-19-29)15-14-22-8-2-1-3-9-22)21-30-26-12-6-4-10-24(26)25-11-5-7-13-27(25)30/h1-13,23,31H,14-21H2. The predicted molar refractivity (Wildman–Crippen MR) is 128 cm³/mol. The lowest BCUT2D eigenvalue weighted by Gasteiger charge is -2.35. The number of hydrogen-bond donors (Lipinski definition) is 1. The van der Waals surface area contributed by atoms with Crippen molar-refractivity contribution >= 4 is 21.8 Å². The molecule has 0 bridgehead atoms. The smallest absolute Gasteiger partial charge is 0.0845 e. The summed E-state index contributed by atoms with van der Waals surface area (Å²) in [5.74, 6) is 0. The third-order valence-corrected chi connectivity index (χ3v) is 6.57. The van der Waals surface area contributed by atoms with Crippen LogP contribution in [0.2, 0.25) is 0 Å². The molecule has 3 aromatic carbocycles. The molecule has 31 heavy (non-hydrogen) atoms. The van der Waals surface area contributed by atoms with Crippen LogP contribution in [-0.4, -0.2) is 64.8 Å². The maximum absolute atomic E-state index is 10.9. The van der Waals surface area contributed by atoms with Crippen LogP contribution in [0, 0.1) is 0 Å². The summed E-state index contributed by atoms with van der Waals surface area (Å²) in [6, 6.07) is 27.7. The molecule has 1 N–H and O–H groups in total. The van der Waals surface area contributed by atoms with E-state index in [-0.39, 0.29) is 6.10 Å². The molecule has 4 aromatic rings. The van der Waals surface area contributed by atoms with E-state index in [0.717, 1.165) is 45.7 Å². The zero-order valence-electron chi connectivity index (χ0n) is 18.0. The van der Waals surface area contributed by atoms with Crippen molar-refractivity contribution in [2.24, 2.45) is 0 Å². The van der Waals surface area contributed by atoms with Crippen LogP contribution in [0.3, 0.4) is 0 Å². The molecule has 4 nitrogen and oxygen atoms in total. The molecule has 0 amide bonds. The number of β-amino-alcohol motifs (C(OH)–C–C–N with tert-alkyl or cyclic N) is 1. The molecule has 1 fully saturated rings. The molecule has 1 aliphatic rings. The van der Waals surface area contributed by atoms with Crippen molar-refractivity contribution < 1.29 is 5.11 Å². The molecule has 0 radical (unpaired) electrons. The van der Waals surface area contributed by atoms with Crippen LogP contribution in [0.4, 0.5) is 0 Å². The molecule has 4 heteroatoms. The Labute approximate surface area is 184 Å². The van der Waals surface area contributed by atoms with Gasteiger partial charge in [-0.3, -0.25) is 4.90 Å². The number of fused-ring (bicyclic) bond motifs is 3. The van der Waals surface area contributed by atoms with E-state index in [1.807, 2.05) is 0 Å². The third-order valence-electron chi connectivity index (χ3n) is 6.57. The Morgan fingerprint density at radius 2 is 1.19 bits per heavy atom. The Morgan fingerprint density at radius 1 is 0.645 bits per heavy atom. The van der Waals surface area contributed by atoms with Crippen molar-refractivity contribution in [2.75, 3.05) is 39.3 Å². The second-order valence-electron chi connectivity index (χ2n) is 8.68. The fraction of sp³-hybridized carbons (Fsp3) is 0.333. The maximum Gasteiger partial charge on any atom is 0.0845 e. The summed E-state index contributed by atoms with van der Waals surface area (Å²) in [4.78, 5) is 4.96. The second kappa shape index (κ2) is 9.23. The molecule has 0 spiro atoms. The number of piperazine rings is 1. The van der Waals surface area contributed by atoms with Gasteiger partial charge in [0.25, 0.3) is 0 Å². The number of rotatable bonds is 7. The van der Waals surface area contributed by atoms with E-state index in [9.17, 15) is 5.11 Å². The van der Waals surface area contributed by atoms with Gasteiger partial charge >= 0.3 is 0 Å². The summed E-state index contributed by atoms with van der Waals surface area (Å²) in [7, 11) is 0. The summed E-state index contributed by atoms with van der Waals surface area (Å²) in [5, 5.41) is 13.5. The number of aliphatic hydroxyl groups excluding tert-OH is 1. The highest BCUT2D eigenvalue weighted by Gasteiger charge is 2.20. The van der Waals surface area contributed by atoms with Crippen LogP contribution in [0.15, 0.2) is 78.9 Å². The average molecular weight is 414 g/mol. The minimum Gasteiger partial charge on any atom is -0.390 e. The van der Waals surface area contributed by atoms with Gasteiger partial charge in [-0.2, -0.15) is 0 Å². The van der Waals surface area contributed by atoms with Gasteiger partial charge in [-0.05, 0) is 24.1 Å². The summed E-state index contributed by atoms with van der Waals surface area (Å²) >= 11 is 0. The SMILES string of the molecule is OC(CN1CCN(CCc2ccccc2)CC1)Cn1c2ccccc2c2ccccc21. The highest BCUT2D eigenvalue weighted by molar-refractivity contribution is 6.07. The molecule has 1 aliphatic heterocycles. The molecule has 1 unspecified atom stereocenters. The quantitative estimate of drug-likeness (QED) is 0.497. The van der Waals surface area contributed by atoms with Gasteiger partial charge in [-0.25, -0.2) is 0 Å². The molecule has 2 heterocycles. The van der Waals surface area contributed by atoms with E-state index in [1.54, 1.807) is 0 Å². The number of benzene rings is 3.